The Morgan fingerprint density at radius 3 is 2.43 bits per heavy atom. The number of nitrogens with zero attached hydrogens (tertiary/aromatic N) is 2. The predicted molar refractivity (Wildman–Crippen MR) is 179 cm³/mol. The Bertz CT molecular complexity index is 1460. The van der Waals surface area contributed by atoms with Gasteiger partial charge in [0, 0.05) is 43.3 Å². The number of amides is 2. The standard InChI is InChI=1S/C36H48N2O5Si/c1-24(2)9-8-10-25(3)17-20-38-31-16-11-27(37-21-18-33(37)40)23-30(31)36(35(38)41)26(4)34(32(43-36)19-22-39)44(6,7)29-14-12-28(42-5)13-15-29/h9,11-17,23,26,32,34,39H,8,10,18-22H2,1-7H3/b25-17+/t26-,32+,34-,36+/m1/s1. The summed E-state index contributed by atoms with van der Waals surface area (Å²) >= 11 is 0. The predicted octanol–water partition coefficient (Wildman–Crippen LogP) is 6.07. The Morgan fingerprint density at radius 1 is 1.11 bits per heavy atom. The molecule has 2 aromatic carbocycles. The van der Waals surface area contributed by atoms with E-state index in [0.717, 1.165) is 35.5 Å². The van der Waals surface area contributed by atoms with Gasteiger partial charge in [0.25, 0.3) is 5.91 Å². The molecular weight excluding hydrogens is 568 g/mol. The fourth-order valence-electron chi connectivity index (χ4n) is 7.57. The van der Waals surface area contributed by atoms with E-state index in [0.29, 0.717) is 25.9 Å². The molecule has 0 unspecified atom stereocenters. The van der Waals surface area contributed by atoms with Gasteiger partial charge in [0.05, 0.1) is 27.0 Å². The van der Waals surface area contributed by atoms with E-state index in [1.54, 1.807) is 12.0 Å². The molecule has 0 aromatic heterocycles. The lowest BCUT2D eigenvalue weighted by Crippen LogP contribution is -2.52. The topological polar surface area (TPSA) is 79.3 Å². The van der Waals surface area contributed by atoms with Crippen LogP contribution in [0.3, 0.4) is 0 Å². The Kier molecular flexibility index (Phi) is 9.26. The van der Waals surface area contributed by atoms with Crippen LogP contribution in [0.15, 0.2) is 65.8 Å². The zero-order valence-corrected chi connectivity index (χ0v) is 28.4. The number of hydrogen-bond acceptors (Lipinski definition) is 5. The number of carbonyl (C=O) groups is 2. The van der Waals surface area contributed by atoms with Crippen molar-refractivity contribution in [2.45, 2.75) is 83.7 Å². The minimum Gasteiger partial charge on any atom is -0.497 e. The van der Waals surface area contributed by atoms with Crippen molar-refractivity contribution in [3.05, 3.63) is 71.3 Å². The highest BCUT2D eigenvalue weighted by molar-refractivity contribution is 6.91. The Balaban J connectivity index is 1.57. The highest BCUT2D eigenvalue weighted by Gasteiger charge is 2.66. The number of ether oxygens (including phenoxy) is 2. The van der Waals surface area contributed by atoms with Gasteiger partial charge < -0.3 is 24.4 Å². The van der Waals surface area contributed by atoms with Crippen molar-refractivity contribution in [3.63, 3.8) is 0 Å². The van der Waals surface area contributed by atoms with Gasteiger partial charge in [-0.15, -0.1) is 0 Å². The molecule has 5 rings (SSSR count). The SMILES string of the molecule is COc1ccc([Si](C)(C)[C@H]2[C@H](CCO)O[C@@]3(C(=O)N(C/C=C(\C)CCC=C(C)C)c4ccc(N5CCC5=O)cc43)[C@@H]2C)cc1. The Hall–Kier alpha value is -3.20. The lowest BCUT2D eigenvalue weighted by Gasteiger charge is -2.37. The van der Waals surface area contributed by atoms with Gasteiger partial charge in [-0.3, -0.25) is 9.59 Å². The summed E-state index contributed by atoms with van der Waals surface area (Å²) in [5.74, 6) is 0.708. The summed E-state index contributed by atoms with van der Waals surface area (Å²) in [6.45, 7) is 14.3. The molecule has 3 aliphatic heterocycles. The molecule has 4 atom stereocenters. The summed E-state index contributed by atoms with van der Waals surface area (Å²) in [4.78, 5) is 30.9. The quantitative estimate of drug-likeness (QED) is 0.188. The lowest BCUT2D eigenvalue weighted by molar-refractivity contribution is -0.146. The molecule has 2 saturated heterocycles. The number of allylic oxidation sites excluding steroid dienone is 3. The maximum Gasteiger partial charge on any atom is 0.264 e. The van der Waals surface area contributed by atoms with E-state index >= 15 is 0 Å². The van der Waals surface area contributed by atoms with Crippen molar-refractivity contribution in [2.24, 2.45) is 5.92 Å². The van der Waals surface area contributed by atoms with E-state index in [2.05, 4.69) is 65.1 Å². The van der Waals surface area contributed by atoms with Gasteiger partial charge in [-0.2, -0.15) is 0 Å². The number of methoxy groups -OCH3 is 1. The van der Waals surface area contributed by atoms with Gasteiger partial charge in [0.2, 0.25) is 5.91 Å². The van der Waals surface area contributed by atoms with Crippen molar-refractivity contribution in [2.75, 3.05) is 36.6 Å². The molecule has 44 heavy (non-hydrogen) atoms. The molecule has 0 bridgehead atoms. The molecular formula is C36H48N2O5Si. The van der Waals surface area contributed by atoms with Crippen molar-refractivity contribution in [1.82, 2.24) is 0 Å². The number of hydrogen-bond donors (Lipinski definition) is 1. The number of aliphatic hydroxyl groups excluding tert-OH is 1. The van der Waals surface area contributed by atoms with Crippen LogP contribution in [0.2, 0.25) is 18.6 Å². The minimum absolute atomic E-state index is 0.0161. The van der Waals surface area contributed by atoms with Crippen molar-refractivity contribution < 1.29 is 24.2 Å². The molecule has 8 heteroatoms. The van der Waals surface area contributed by atoms with E-state index in [-0.39, 0.29) is 36.0 Å². The maximum atomic E-state index is 14.8. The van der Waals surface area contributed by atoms with Gasteiger partial charge in [-0.05, 0) is 75.9 Å². The van der Waals surface area contributed by atoms with Crippen molar-refractivity contribution in [1.29, 1.82) is 0 Å². The molecule has 0 aliphatic carbocycles. The number of carbonyl (C=O) groups excluding carboxylic acids is 2. The highest BCUT2D eigenvalue weighted by atomic mass is 28.3. The second kappa shape index (κ2) is 12.7. The third-order valence-electron chi connectivity index (χ3n) is 10.1. The number of benzene rings is 2. The Morgan fingerprint density at radius 2 is 1.84 bits per heavy atom. The summed E-state index contributed by atoms with van der Waals surface area (Å²) in [6, 6.07) is 14.3. The van der Waals surface area contributed by atoms with Gasteiger partial charge in [0.1, 0.15) is 5.75 Å². The summed E-state index contributed by atoms with van der Waals surface area (Å²) in [5.41, 5.74) is 3.92. The van der Waals surface area contributed by atoms with Crippen LogP contribution in [0.5, 0.6) is 5.75 Å². The summed E-state index contributed by atoms with van der Waals surface area (Å²) < 4.78 is 12.5. The molecule has 2 fully saturated rings. The van der Waals surface area contributed by atoms with Gasteiger partial charge in [0.15, 0.2) is 5.60 Å². The van der Waals surface area contributed by atoms with Crippen LogP contribution in [-0.4, -0.2) is 57.9 Å². The molecule has 7 nitrogen and oxygen atoms in total. The van der Waals surface area contributed by atoms with Crippen LogP contribution in [-0.2, 0) is 19.9 Å². The Labute approximate surface area is 263 Å². The zero-order valence-electron chi connectivity index (χ0n) is 27.4. The van der Waals surface area contributed by atoms with Crippen LogP contribution in [0.1, 0.15) is 58.9 Å². The summed E-state index contributed by atoms with van der Waals surface area (Å²) in [7, 11) is -0.590. The first-order valence-electron chi connectivity index (χ1n) is 15.9. The average Bonchev–Trinajstić information content (AvgIpc) is 3.41. The van der Waals surface area contributed by atoms with Gasteiger partial charge >= 0.3 is 0 Å². The zero-order chi connectivity index (χ0) is 31.8. The lowest BCUT2D eigenvalue weighted by atomic mass is 9.82. The first-order valence-corrected chi connectivity index (χ1v) is 19.0. The first kappa shape index (κ1) is 32.2. The molecule has 0 saturated carbocycles. The van der Waals surface area contributed by atoms with E-state index in [9.17, 15) is 14.7 Å². The second-order valence-electron chi connectivity index (χ2n) is 13.5. The second-order valence-corrected chi connectivity index (χ2v) is 18.1. The van der Waals surface area contributed by atoms with E-state index in [1.165, 1.54) is 16.3 Å². The number of anilines is 2. The minimum atomic E-state index is -2.26. The monoisotopic (exact) mass is 616 g/mol. The molecule has 236 valence electrons. The van der Waals surface area contributed by atoms with Crippen LogP contribution < -0.4 is 19.7 Å². The fourth-order valence-corrected chi connectivity index (χ4v) is 11.6. The summed E-state index contributed by atoms with van der Waals surface area (Å²) in [6.07, 6.45) is 7.03. The number of β-lactam (4-membered cyclic amide) rings is 1. The number of rotatable bonds is 11. The highest BCUT2D eigenvalue weighted by Crippen LogP contribution is 2.60. The third-order valence-corrected chi connectivity index (χ3v) is 14.5. The van der Waals surface area contributed by atoms with Crippen LogP contribution in [0.25, 0.3) is 0 Å². The smallest absolute Gasteiger partial charge is 0.264 e. The van der Waals surface area contributed by atoms with E-state index in [1.807, 2.05) is 35.2 Å². The largest absolute Gasteiger partial charge is 0.497 e. The third kappa shape index (κ3) is 5.57. The molecule has 3 heterocycles. The van der Waals surface area contributed by atoms with Gasteiger partial charge in [-0.1, -0.05) is 60.6 Å². The maximum absolute atomic E-state index is 14.8. The normalized spacial score (nSPS) is 25.0. The number of fused-ring (bicyclic) bond motifs is 2. The van der Waals surface area contributed by atoms with Crippen LogP contribution in [0, 0.1) is 5.92 Å². The average molecular weight is 617 g/mol. The molecule has 2 amide bonds. The van der Waals surface area contributed by atoms with E-state index < -0.39 is 13.7 Å². The molecule has 0 radical (unpaired) electrons. The number of aliphatic hydroxyl groups is 1. The molecule has 3 aliphatic rings. The molecule has 1 spiro atoms. The van der Waals surface area contributed by atoms with Crippen molar-refractivity contribution >= 4 is 36.4 Å². The molecule has 1 N–H and O–H groups in total. The van der Waals surface area contributed by atoms with E-state index in [4.69, 9.17) is 9.47 Å². The van der Waals surface area contributed by atoms with Crippen LogP contribution >= 0.6 is 0 Å². The van der Waals surface area contributed by atoms with Crippen LogP contribution in [0.4, 0.5) is 11.4 Å². The first-order chi connectivity index (χ1) is 20.9. The molecule has 2 aromatic rings. The van der Waals surface area contributed by atoms with Crippen molar-refractivity contribution in [3.8, 4) is 5.75 Å². The van der Waals surface area contributed by atoms with Gasteiger partial charge in [-0.25, -0.2) is 0 Å². The fraction of sp³-hybridized carbons (Fsp3) is 0.500. The summed E-state index contributed by atoms with van der Waals surface area (Å²) in [5, 5.41) is 11.4.